The van der Waals surface area contributed by atoms with Crippen LogP contribution in [0.1, 0.15) is 31.7 Å². The summed E-state index contributed by atoms with van der Waals surface area (Å²) in [4.78, 5) is 34.1. The van der Waals surface area contributed by atoms with Gasteiger partial charge in [0, 0.05) is 12.0 Å². The summed E-state index contributed by atoms with van der Waals surface area (Å²) in [7, 11) is 0. The quantitative estimate of drug-likeness (QED) is 0.319. The highest BCUT2D eigenvalue weighted by Crippen LogP contribution is 2.04. The second kappa shape index (κ2) is 9.50. The molecule has 1 aromatic rings. The first kappa shape index (κ1) is 17.6. The molecule has 1 rings (SSSR count). The molecule has 0 aromatic heterocycles. The molecular weight excluding hydrogens is 284 g/mol. The first-order chi connectivity index (χ1) is 10.5. The summed E-state index contributed by atoms with van der Waals surface area (Å²) >= 11 is 0. The van der Waals surface area contributed by atoms with Crippen LogP contribution < -0.4 is 0 Å². The number of rotatable bonds is 8. The average molecular weight is 304 g/mol. The standard InChI is InChI=1S/C17H20O5/c1-13(2)17(20)21-12-6-9-15(18)22-16(19)11-10-14-7-4-3-5-8-14/h3-5,7-8H,1,6,9-12H2,2H3. The van der Waals surface area contributed by atoms with Crippen molar-refractivity contribution >= 4 is 17.9 Å². The Morgan fingerprint density at radius 2 is 1.68 bits per heavy atom. The number of hydrogen-bond donors (Lipinski definition) is 0. The van der Waals surface area contributed by atoms with Crippen molar-refractivity contribution in [3.8, 4) is 0 Å². The van der Waals surface area contributed by atoms with E-state index >= 15 is 0 Å². The van der Waals surface area contributed by atoms with Crippen molar-refractivity contribution in [2.75, 3.05) is 6.61 Å². The zero-order chi connectivity index (χ0) is 16.4. The molecule has 0 heterocycles. The maximum absolute atomic E-state index is 11.5. The highest BCUT2D eigenvalue weighted by molar-refractivity contribution is 5.87. The molecule has 0 unspecified atom stereocenters. The maximum Gasteiger partial charge on any atom is 0.333 e. The number of ether oxygens (including phenoxy) is 2. The Hall–Kier alpha value is -2.43. The van der Waals surface area contributed by atoms with Crippen LogP contribution in [-0.4, -0.2) is 24.5 Å². The molecule has 0 saturated carbocycles. The summed E-state index contributed by atoms with van der Waals surface area (Å²) in [5, 5.41) is 0. The van der Waals surface area contributed by atoms with E-state index in [1.165, 1.54) is 0 Å². The van der Waals surface area contributed by atoms with Crippen LogP contribution in [0.4, 0.5) is 0 Å². The van der Waals surface area contributed by atoms with Crippen LogP contribution in [-0.2, 0) is 30.3 Å². The Morgan fingerprint density at radius 3 is 2.32 bits per heavy atom. The first-order valence-corrected chi connectivity index (χ1v) is 7.09. The zero-order valence-corrected chi connectivity index (χ0v) is 12.7. The number of hydrogen-bond acceptors (Lipinski definition) is 5. The number of aryl methyl sites for hydroxylation is 1. The summed E-state index contributed by atoms with van der Waals surface area (Å²) in [5.74, 6) is -1.65. The highest BCUT2D eigenvalue weighted by Gasteiger charge is 2.11. The van der Waals surface area contributed by atoms with Crippen LogP contribution >= 0.6 is 0 Å². The second-order valence-electron chi connectivity index (χ2n) is 4.85. The van der Waals surface area contributed by atoms with Crippen LogP contribution in [0.15, 0.2) is 42.5 Å². The first-order valence-electron chi connectivity index (χ1n) is 7.09. The lowest BCUT2D eigenvalue weighted by atomic mass is 10.1. The molecule has 0 aliphatic carbocycles. The van der Waals surface area contributed by atoms with Crippen LogP contribution in [0, 0.1) is 0 Å². The number of esters is 3. The van der Waals surface area contributed by atoms with Gasteiger partial charge in [0.2, 0.25) is 0 Å². The molecule has 118 valence electrons. The van der Waals surface area contributed by atoms with E-state index in [4.69, 9.17) is 9.47 Å². The fraction of sp³-hybridized carbons (Fsp3) is 0.353. The largest absolute Gasteiger partial charge is 0.462 e. The van der Waals surface area contributed by atoms with Crippen molar-refractivity contribution in [1.29, 1.82) is 0 Å². The van der Waals surface area contributed by atoms with Gasteiger partial charge in [0.15, 0.2) is 0 Å². The number of carbonyl (C=O) groups excluding carboxylic acids is 3. The van der Waals surface area contributed by atoms with E-state index in [-0.39, 0.29) is 19.4 Å². The lowest BCUT2D eigenvalue weighted by Crippen LogP contribution is -2.14. The van der Waals surface area contributed by atoms with E-state index in [0.717, 1.165) is 5.56 Å². The molecule has 5 heteroatoms. The van der Waals surface area contributed by atoms with Gasteiger partial charge in [0.05, 0.1) is 13.0 Å². The molecule has 0 atom stereocenters. The van der Waals surface area contributed by atoms with Gasteiger partial charge in [0.25, 0.3) is 0 Å². The van der Waals surface area contributed by atoms with E-state index in [0.29, 0.717) is 18.4 Å². The molecule has 0 fully saturated rings. The summed E-state index contributed by atoms with van der Waals surface area (Å²) in [6, 6.07) is 9.48. The van der Waals surface area contributed by atoms with Crippen molar-refractivity contribution < 1.29 is 23.9 Å². The number of benzene rings is 1. The van der Waals surface area contributed by atoms with Gasteiger partial charge in [-0.15, -0.1) is 0 Å². The van der Waals surface area contributed by atoms with E-state index in [1.54, 1.807) is 6.92 Å². The van der Waals surface area contributed by atoms with Gasteiger partial charge in [0.1, 0.15) is 0 Å². The van der Waals surface area contributed by atoms with Gasteiger partial charge in [-0.25, -0.2) is 4.79 Å². The van der Waals surface area contributed by atoms with Gasteiger partial charge in [-0.3, -0.25) is 9.59 Å². The minimum absolute atomic E-state index is 0.0283. The van der Waals surface area contributed by atoms with Crippen LogP contribution in [0.5, 0.6) is 0 Å². The maximum atomic E-state index is 11.5. The molecule has 0 amide bonds. The minimum atomic E-state index is -0.607. The predicted octanol–water partition coefficient (Wildman–Crippen LogP) is 2.59. The molecule has 5 nitrogen and oxygen atoms in total. The summed E-state index contributed by atoms with van der Waals surface area (Å²) in [5.41, 5.74) is 1.32. The lowest BCUT2D eigenvalue weighted by molar-refractivity contribution is -0.160. The van der Waals surface area contributed by atoms with Gasteiger partial charge in [-0.1, -0.05) is 36.9 Å². The molecule has 0 saturated heterocycles. The van der Waals surface area contributed by atoms with Gasteiger partial charge < -0.3 is 9.47 Å². The third-order valence-electron chi connectivity index (χ3n) is 2.80. The smallest absolute Gasteiger partial charge is 0.333 e. The van der Waals surface area contributed by atoms with E-state index in [1.807, 2.05) is 30.3 Å². The molecule has 0 aliphatic heterocycles. The molecule has 0 N–H and O–H groups in total. The monoisotopic (exact) mass is 304 g/mol. The third-order valence-corrected chi connectivity index (χ3v) is 2.80. The average Bonchev–Trinajstić information content (AvgIpc) is 2.50. The molecule has 0 spiro atoms. The van der Waals surface area contributed by atoms with E-state index < -0.39 is 17.9 Å². The summed E-state index contributed by atoms with van der Waals surface area (Å²) in [6.45, 7) is 5.08. The minimum Gasteiger partial charge on any atom is -0.462 e. The van der Waals surface area contributed by atoms with Gasteiger partial charge in [-0.05, 0) is 25.3 Å². The molecule has 0 bridgehead atoms. The van der Waals surface area contributed by atoms with Crippen molar-refractivity contribution in [3.05, 3.63) is 48.0 Å². The van der Waals surface area contributed by atoms with E-state index in [9.17, 15) is 14.4 Å². The normalized spacial score (nSPS) is 9.86. The van der Waals surface area contributed by atoms with Crippen LogP contribution in [0.25, 0.3) is 0 Å². The Morgan fingerprint density at radius 1 is 1.05 bits per heavy atom. The Bertz CT molecular complexity index is 533. The predicted molar refractivity (Wildman–Crippen MR) is 80.9 cm³/mol. The summed E-state index contributed by atoms with van der Waals surface area (Å²) in [6.07, 6.45) is 1.02. The summed E-state index contributed by atoms with van der Waals surface area (Å²) < 4.78 is 9.52. The molecule has 1 aromatic carbocycles. The Kier molecular flexibility index (Phi) is 7.61. The van der Waals surface area contributed by atoms with Crippen LogP contribution in [0.3, 0.4) is 0 Å². The van der Waals surface area contributed by atoms with Gasteiger partial charge in [-0.2, -0.15) is 0 Å². The topological polar surface area (TPSA) is 69.7 Å². The third kappa shape index (κ3) is 7.38. The van der Waals surface area contributed by atoms with Crippen LogP contribution in [0.2, 0.25) is 0 Å². The molecule has 22 heavy (non-hydrogen) atoms. The highest BCUT2D eigenvalue weighted by atomic mass is 16.6. The Balaban J connectivity index is 2.15. The SMILES string of the molecule is C=C(C)C(=O)OCCCC(=O)OC(=O)CCc1ccccc1. The van der Waals surface area contributed by atoms with Crippen molar-refractivity contribution in [2.24, 2.45) is 0 Å². The fourth-order valence-corrected chi connectivity index (χ4v) is 1.62. The molecule has 0 aliphatic rings. The van der Waals surface area contributed by atoms with Gasteiger partial charge >= 0.3 is 17.9 Å². The number of carbonyl (C=O) groups is 3. The zero-order valence-electron chi connectivity index (χ0n) is 12.7. The molecular formula is C17H20O5. The van der Waals surface area contributed by atoms with E-state index in [2.05, 4.69) is 6.58 Å². The lowest BCUT2D eigenvalue weighted by Gasteiger charge is -2.05. The van der Waals surface area contributed by atoms with Crippen molar-refractivity contribution in [1.82, 2.24) is 0 Å². The molecule has 0 radical (unpaired) electrons. The fourth-order valence-electron chi connectivity index (χ4n) is 1.62. The van der Waals surface area contributed by atoms with Crippen molar-refractivity contribution in [2.45, 2.75) is 32.6 Å². The Labute approximate surface area is 129 Å². The second-order valence-corrected chi connectivity index (χ2v) is 4.85. The van der Waals surface area contributed by atoms with Crippen molar-refractivity contribution in [3.63, 3.8) is 0 Å².